The molecule has 35 heavy (non-hydrogen) atoms. The van der Waals surface area contributed by atoms with Crippen molar-refractivity contribution in [3.8, 4) is 0 Å². The number of fused-ring (bicyclic) bond motifs is 1. The number of benzene rings is 3. The number of thioether (sulfide) groups is 1. The molecule has 4 aromatic rings. The van der Waals surface area contributed by atoms with Gasteiger partial charge >= 0.3 is 0 Å². The Kier molecular flexibility index (Phi) is 8.21. The molecule has 0 aliphatic rings. The van der Waals surface area contributed by atoms with Gasteiger partial charge in [0.15, 0.2) is 11.0 Å². The molecular weight excluding hydrogens is 454 g/mol. The number of hydrogen-bond acceptors (Lipinski definition) is 5. The molecule has 0 radical (unpaired) electrons. The van der Waals surface area contributed by atoms with Gasteiger partial charge in [-0.1, -0.05) is 85.4 Å². The Balaban J connectivity index is 1.59. The summed E-state index contributed by atoms with van der Waals surface area (Å²) in [6, 6.07) is 24.8. The number of anilines is 1. The maximum absolute atomic E-state index is 13.4. The highest BCUT2D eigenvalue weighted by molar-refractivity contribution is 7.99. The number of hydrogen-bond donors (Lipinski definition) is 0. The van der Waals surface area contributed by atoms with Gasteiger partial charge in [0.2, 0.25) is 5.91 Å². The average molecular weight is 488 g/mol. The first-order chi connectivity index (χ1) is 17.0. The van der Waals surface area contributed by atoms with E-state index in [4.69, 9.17) is 0 Å². The predicted octanol–water partition coefficient (Wildman–Crippen LogP) is 5.64. The van der Waals surface area contributed by atoms with E-state index in [0.717, 1.165) is 33.9 Å². The second-order valence-electron chi connectivity index (χ2n) is 8.73. The van der Waals surface area contributed by atoms with Gasteiger partial charge in [-0.3, -0.25) is 9.69 Å². The minimum absolute atomic E-state index is 0.0596. The second-order valence-corrected chi connectivity index (χ2v) is 9.67. The lowest BCUT2D eigenvalue weighted by Crippen LogP contribution is -2.32. The summed E-state index contributed by atoms with van der Waals surface area (Å²) >= 11 is 1.46. The molecule has 0 saturated heterocycles. The van der Waals surface area contributed by atoms with Gasteiger partial charge in [0.25, 0.3) is 0 Å². The molecular formula is C28H33N5OS. The van der Waals surface area contributed by atoms with Gasteiger partial charge in [0.1, 0.15) is 0 Å². The third-order valence-corrected chi connectivity index (χ3v) is 7.19. The molecule has 0 saturated carbocycles. The van der Waals surface area contributed by atoms with Gasteiger partial charge in [0.05, 0.1) is 24.0 Å². The third-order valence-electron chi connectivity index (χ3n) is 6.24. The van der Waals surface area contributed by atoms with Crippen LogP contribution in [0.4, 0.5) is 5.69 Å². The van der Waals surface area contributed by atoms with Crippen LogP contribution in [-0.4, -0.2) is 52.0 Å². The topological polar surface area (TPSA) is 54.3 Å². The van der Waals surface area contributed by atoms with E-state index < -0.39 is 0 Å². The molecule has 0 spiro atoms. The van der Waals surface area contributed by atoms with Crippen LogP contribution >= 0.6 is 11.8 Å². The molecule has 182 valence electrons. The smallest absolute Gasteiger partial charge is 0.237 e. The lowest BCUT2D eigenvalue weighted by atomic mass is 10.1. The van der Waals surface area contributed by atoms with Crippen molar-refractivity contribution < 1.29 is 4.79 Å². The van der Waals surface area contributed by atoms with Gasteiger partial charge < -0.3 is 9.47 Å². The molecule has 0 aliphatic carbocycles. The Morgan fingerprint density at radius 2 is 1.66 bits per heavy atom. The van der Waals surface area contributed by atoms with Gasteiger partial charge in [-0.2, -0.15) is 0 Å². The molecule has 6 nitrogen and oxygen atoms in total. The van der Waals surface area contributed by atoms with Crippen LogP contribution in [0.25, 0.3) is 10.8 Å². The molecule has 0 unspecified atom stereocenters. The molecule has 0 fully saturated rings. The van der Waals surface area contributed by atoms with E-state index in [-0.39, 0.29) is 11.9 Å². The zero-order valence-corrected chi connectivity index (χ0v) is 21.7. The van der Waals surface area contributed by atoms with E-state index in [1.54, 1.807) is 0 Å². The summed E-state index contributed by atoms with van der Waals surface area (Å²) in [5.41, 5.74) is 2.13. The van der Waals surface area contributed by atoms with Gasteiger partial charge in [-0.15, -0.1) is 10.2 Å². The maximum Gasteiger partial charge on any atom is 0.237 e. The van der Waals surface area contributed by atoms with Crippen molar-refractivity contribution in [3.05, 3.63) is 84.2 Å². The molecule has 4 rings (SSSR count). The molecule has 1 atom stereocenters. The Morgan fingerprint density at radius 1 is 0.943 bits per heavy atom. The first-order valence-corrected chi connectivity index (χ1v) is 13.1. The molecule has 0 aliphatic heterocycles. The summed E-state index contributed by atoms with van der Waals surface area (Å²) in [6.07, 6.45) is 0.925. The minimum Gasteiger partial charge on any atom is -0.311 e. The van der Waals surface area contributed by atoms with Gasteiger partial charge in [-0.25, -0.2) is 0 Å². The van der Waals surface area contributed by atoms with Crippen LogP contribution in [0.3, 0.4) is 0 Å². The van der Waals surface area contributed by atoms with Gasteiger partial charge in [0, 0.05) is 11.9 Å². The van der Waals surface area contributed by atoms with Crippen molar-refractivity contribution in [2.75, 3.05) is 31.3 Å². The van der Waals surface area contributed by atoms with E-state index in [2.05, 4.69) is 71.0 Å². The fourth-order valence-corrected chi connectivity index (χ4v) is 5.30. The average Bonchev–Trinajstić information content (AvgIpc) is 3.26. The Bertz CT molecular complexity index is 1270. The molecule has 1 aromatic heterocycles. The summed E-state index contributed by atoms with van der Waals surface area (Å²) in [7, 11) is 4.13. The largest absolute Gasteiger partial charge is 0.311 e. The van der Waals surface area contributed by atoms with E-state index in [9.17, 15) is 4.79 Å². The highest BCUT2D eigenvalue weighted by Crippen LogP contribution is 2.29. The summed E-state index contributed by atoms with van der Waals surface area (Å²) < 4.78 is 2.16. The van der Waals surface area contributed by atoms with Crippen LogP contribution < -0.4 is 4.90 Å². The number of rotatable bonds is 10. The number of aromatic nitrogens is 3. The standard InChI is InChI=1S/C28H33N5OS/c1-5-24(31(3)4)27-29-30-28(33(27)19-21-13-8-7-9-14-21)35-20-26(34)32(6-2)25-18-12-16-22-15-10-11-17-23(22)25/h7-18,24H,5-6,19-20H2,1-4H3/t24-/m0/s1. The van der Waals surface area contributed by atoms with Crippen molar-refractivity contribution in [2.45, 2.75) is 38.0 Å². The molecule has 7 heteroatoms. The quantitative estimate of drug-likeness (QED) is 0.271. The fourth-order valence-electron chi connectivity index (χ4n) is 4.48. The molecule has 3 aromatic carbocycles. The van der Waals surface area contributed by atoms with Gasteiger partial charge in [-0.05, 0) is 44.5 Å². The molecule has 0 N–H and O–H groups in total. The zero-order chi connectivity index (χ0) is 24.8. The summed E-state index contributed by atoms with van der Waals surface area (Å²) in [5.74, 6) is 1.28. The SMILES string of the molecule is CC[C@@H](c1nnc(SCC(=O)N(CC)c2cccc3ccccc23)n1Cc1ccccc1)N(C)C. The molecule has 1 heterocycles. The lowest BCUT2D eigenvalue weighted by molar-refractivity contribution is -0.116. The van der Waals surface area contributed by atoms with Crippen molar-refractivity contribution in [1.29, 1.82) is 0 Å². The number of amides is 1. The lowest BCUT2D eigenvalue weighted by Gasteiger charge is -2.24. The van der Waals surface area contributed by atoms with Crippen LogP contribution in [-0.2, 0) is 11.3 Å². The fraction of sp³-hybridized carbons (Fsp3) is 0.321. The van der Waals surface area contributed by atoms with Crippen LogP contribution in [0.2, 0.25) is 0 Å². The van der Waals surface area contributed by atoms with Crippen LogP contribution in [0.5, 0.6) is 0 Å². The van der Waals surface area contributed by atoms with E-state index >= 15 is 0 Å². The van der Waals surface area contributed by atoms with E-state index in [1.165, 1.54) is 17.3 Å². The normalized spacial score (nSPS) is 12.3. The maximum atomic E-state index is 13.4. The van der Waals surface area contributed by atoms with E-state index in [0.29, 0.717) is 18.8 Å². The number of nitrogens with zero attached hydrogens (tertiary/aromatic N) is 5. The van der Waals surface area contributed by atoms with E-state index in [1.807, 2.05) is 54.3 Å². The number of carbonyl (C=O) groups excluding carboxylic acids is 1. The van der Waals surface area contributed by atoms with Crippen molar-refractivity contribution in [2.24, 2.45) is 0 Å². The third kappa shape index (κ3) is 5.57. The highest BCUT2D eigenvalue weighted by atomic mass is 32.2. The number of carbonyl (C=O) groups is 1. The Hall–Kier alpha value is -3.16. The van der Waals surface area contributed by atoms with Crippen molar-refractivity contribution in [3.63, 3.8) is 0 Å². The van der Waals surface area contributed by atoms with Crippen LogP contribution in [0, 0.1) is 0 Å². The first-order valence-electron chi connectivity index (χ1n) is 12.1. The molecule has 0 bridgehead atoms. The Morgan fingerprint density at radius 3 is 2.37 bits per heavy atom. The Labute approximate surface area is 212 Å². The first kappa shape index (κ1) is 24.9. The predicted molar refractivity (Wildman–Crippen MR) is 145 cm³/mol. The second kappa shape index (κ2) is 11.5. The summed E-state index contributed by atoms with van der Waals surface area (Å²) in [6.45, 7) is 5.45. The minimum atomic E-state index is 0.0596. The summed E-state index contributed by atoms with van der Waals surface area (Å²) in [5, 5.41) is 12.1. The summed E-state index contributed by atoms with van der Waals surface area (Å²) in [4.78, 5) is 17.4. The monoisotopic (exact) mass is 487 g/mol. The van der Waals surface area contributed by atoms with Crippen LogP contribution in [0.1, 0.15) is 37.7 Å². The van der Waals surface area contributed by atoms with Crippen molar-refractivity contribution >= 4 is 34.1 Å². The van der Waals surface area contributed by atoms with Crippen LogP contribution in [0.15, 0.2) is 78.0 Å². The molecule has 1 amide bonds. The zero-order valence-electron chi connectivity index (χ0n) is 20.9. The van der Waals surface area contributed by atoms with Crippen molar-refractivity contribution in [1.82, 2.24) is 19.7 Å². The highest BCUT2D eigenvalue weighted by Gasteiger charge is 2.24.